The number of amides is 1. The summed E-state index contributed by atoms with van der Waals surface area (Å²) in [6.45, 7) is 6.15. The van der Waals surface area contributed by atoms with Crippen LogP contribution < -0.4 is 10.1 Å². The lowest BCUT2D eigenvalue weighted by Gasteiger charge is -2.16. The lowest BCUT2D eigenvalue weighted by atomic mass is 10.1. The van der Waals surface area contributed by atoms with Crippen LogP contribution in [-0.4, -0.2) is 23.5 Å². The van der Waals surface area contributed by atoms with E-state index >= 15 is 0 Å². The van der Waals surface area contributed by atoms with E-state index in [1.165, 1.54) is 27.7 Å². The van der Waals surface area contributed by atoms with E-state index in [4.69, 9.17) is 4.74 Å². The van der Waals surface area contributed by atoms with Gasteiger partial charge in [-0.2, -0.15) is 0 Å². The van der Waals surface area contributed by atoms with Gasteiger partial charge in [0, 0.05) is 29.1 Å². The zero-order valence-corrected chi connectivity index (χ0v) is 15.5. The van der Waals surface area contributed by atoms with Crippen LogP contribution in [0.15, 0.2) is 36.4 Å². The Hall–Kier alpha value is -2.75. The minimum atomic E-state index is -0.0650. The molecule has 1 amide bonds. The number of benzene rings is 2. The maximum absolute atomic E-state index is 12.4. The molecule has 0 saturated heterocycles. The summed E-state index contributed by atoms with van der Waals surface area (Å²) in [7, 11) is 0. The fourth-order valence-electron chi connectivity index (χ4n) is 3.88. The van der Waals surface area contributed by atoms with E-state index in [9.17, 15) is 4.79 Å². The Kier molecular flexibility index (Phi) is 4.19. The van der Waals surface area contributed by atoms with Crippen LogP contribution in [0.2, 0.25) is 0 Å². The molecule has 2 N–H and O–H groups in total. The van der Waals surface area contributed by atoms with Crippen LogP contribution in [-0.2, 0) is 17.6 Å². The first-order valence-electron chi connectivity index (χ1n) is 9.10. The quantitative estimate of drug-likeness (QED) is 0.754. The SMILES string of the molecule is Cc1ccc(C)c(OCC(=O)NC2Cc3[nH]c4ccccc4c3C2)c1C. The third-order valence-corrected chi connectivity index (χ3v) is 5.39. The Morgan fingerprint density at radius 2 is 1.88 bits per heavy atom. The Morgan fingerprint density at radius 1 is 1.12 bits per heavy atom. The normalized spacial score (nSPS) is 15.9. The van der Waals surface area contributed by atoms with Gasteiger partial charge < -0.3 is 15.0 Å². The van der Waals surface area contributed by atoms with Crippen LogP contribution >= 0.6 is 0 Å². The highest BCUT2D eigenvalue weighted by atomic mass is 16.5. The largest absolute Gasteiger partial charge is 0.483 e. The second-order valence-electron chi connectivity index (χ2n) is 7.24. The molecule has 1 heterocycles. The van der Waals surface area contributed by atoms with Crippen LogP contribution in [0.4, 0.5) is 0 Å². The molecule has 3 aromatic rings. The van der Waals surface area contributed by atoms with E-state index < -0.39 is 0 Å². The summed E-state index contributed by atoms with van der Waals surface area (Å²) in [6, 6.07) is 12.6. The van der Waals surface area contributed by atoms with Crippen molar-refractivity contribution in [2.45, 2.75) is 39.7 Å². The average molecular weight is 348 g/mol. The summed E-state index contributed by atoms with van der Waals surface area (Å²) in [5.41, 5.74) is 7.08. The zero-order chi connectivity index (χ0) is 18.3. The van der Waals surface area contributed by atoms with Crippen molar-refractivity contribution in [3.8, 4) is 5.75 Å². The van der Waals surface area contributed by atoms with E-state index in [2.05, 4.69) is 41.5 Å². The monoisotopic (exact) mass is 348 g/mol. The predicted octanol–water partition coefficient (Wildman–Crippen LogP) is 3.76. The fraction of sp³-hybridized carbons (Fsp3) is 0.318. The molecule has 0 fully saturated rings. The molecule has 4 rings (SSSR count). The molecule has 2 aromatic carbocycles. The summed E-state index contributed by atoms with van der Waals surface area (Å²) in [5.74, 6) is 0.757. The minimum absolute atomic E-state index is 0.0519. The van der Waals surface area contributed by atoms with E-state index in [-0.39, 0.29) is 18.6 Å². The summed E-state index contributed by atoms with van der Waals surface area (Å²) < 4.78 is 5.83. The first-order chi connectivity index (χ1) is 12.5. The molecule has 0 bridgehead atoms. The van der Waals surface area contributed by atoms with Crippen LogP contribution in [0.3, 0.4) is 0 Å². The summed E-state index contributed by atoms with van der Waals surface area (Å²) in [4.78, 5) is 15.8. The Bertz CT molecular complexity index is 987. The van der Waals surface area contributed by atoms with Crippen LogP contribution in [0.1, 0.15) is 27.9 Å². The van der Waals surface area contributed by atoms with Gasteiger partial charge in [0.05, 0.1) is 0 Å². The van der Waals surface area contributed by atoms with Gasteiger partial charge in [-0.25, -0.2) is 0 Å². The topological polar surface area (TPSA) is 54.1 Å². The number of nitrogens with one attached hydrogen (secondary N) is 2. The van der Waals surface area contributed by atoms with Gasteiger partial charge in [-0.1, -0.05) is 30.3 Å². The number of aromatic amines is 1. The van der Waals surface area contributed by atoms with Gasteiger partial charge >= 0.3 is 0 Å². The van der Waals surface area contributed by atoms with Crippen molar-refractivity contribution in [1.82, 2.24) is 10.3 Å². The fourth-order valence-corrected chi connectivity index (χ4v) is 3.88. The second kappa shape index (κ2) is 6.52. The number of aryl methyl sites for hydroxylation is 2. The summed E-state index contributed by atoms with van der Waals surface area (Å²) in [6.07, 6.45) is 1.71. The minimum Gasteiger partial charge on any atom is -0.483 e. The van der Waals surface area contributed by atoms with Crippen LogP contribution in [0.25, 0.3) is 10.9 Å². The van der Waals surface area contributed by atoms with Gasteiger partial charge in [0.15, 0.2) is 6.61 Å². The van der Waals surface area contributed by atoms with E-state index in [1.807, 2.05) is 26.0 Å². The van der Waals surface area contributed by atoms with Crippen molar-refractivity contribution < 1.29 is 9.53 Å². The molecular weight excluding hydrogens is 324 g/mol. The number of hydrogen-bond acceptors (Lipinski definition) is 2. The van der Waals surface area contributed by atoms with Crippen LogP contribution in [0.5, 0.6) is 5.75 Å². The van der Waals surface area contributed by atoms with E-state index in [1.54, 1.807) is 0 Å². The molecule has 0 saturated carbocycles. The van der Waals surface area contributed by atoms with Gasteiger partial charge in [-0.05, 0) is 55.5 Å². The number of H-pyrrole nitrogens is 1. The highest BCUT2D eigenvalue weighted by molar-refractivity contribution is 5.86. The summed E-state index contributed by atoms with van der Waals surface area (Å²) in [5, 5.41) is 4.38. The van der Waals surface area contributed by atoms with Crippen LogP contribution in [0, 0.1) is 20.8 Å². The van der Waals surface area contributed by atoms with Gasteiger partial charge in [0.2, 0.25) is 0 Å². The third kappa shape index (κ3) is 2.96. The zero-order valence-electron chi connectivity index (χ0n) is 15.5. The van der Waals surface area contributed by atoms with Crippen molar-refractivity contribution in [2.75, 3.05) is 6.61 Å². The predicted molar refractivity (Wildman–Crippen MR) is 104 cm³/mol. The molecule has 0 radical (unpaired) electrons. The molecule has 4 heteroatoms. The van der Waals surface area contributed by atoms with Crippen molar-refractivity contribution in [3.05, 3.63) is 64.3 Å². The first-order valence-corrected chi connectivity index (χ1v) is 9.10. The Labute approximate surface area is 153 Å². The van der Waals surface area contributed by atoms with Crippen molar-refractivity contribution in [2.24, 2.45) is 0 Å². The molecule has 1 aliphatic carbocycles. The van der Waals surface area contributed by atoms with Crippen molar-refractivity contribution in [1.29, 1.82) is 0 Å². The number of para-hydroxylation sites is 1. The smallest absolute Gasteiger partial charge is 0.258 e. The standard InChI is InChI=1S/C22H24N2O2/c1-13-8-9-14(2)22(15(13)3)26-12-21(25)23-16-10-18-17-6-4-5-7-19(17)24-20(18)11-16/h4-9,16,24H,10-12H2,1-3H3,(H,23,25). The highest BCUT2D eigenvalue weighted by Crippen LogP contribution is 2.30. The molecule has 4 nitrogen and oxygen atoms in total. The van der Waals surface area contributed by atoms with Crippen molar-refractivity contribution in [3.63, 3.8) is 0 Å². The first kappa shape index (κ1) is 16.7. The van der Waals surface area contributed by atoms with Gasteiger partial charge in [-0.15, -0.1) is 0 Å². The molecule has 1 unspecified atom stereocenters. The third-order valence-electron chi connectivity index (χ3n) is 5.39. The molecule has 134 valence electrons. The number of aromatic nitrogens is 1. The second-order valence-corrected chi connectivity index (χ2v) is 7.24. The molecule has 1 aromatic heterocycles. The number of carbonyl (C=O) groups excluding carboxylic acids is 1. The highest BCUT2D eigenvalue weighted by Gasteiger charge is 2.26. The molecule has 0 aliphatic heterocycles. The average Bonchev–Trinajstić information content (AvgIpc) is 3.15. The molecule has 26 heavy (non-hydrogen) atoms. The molecule has 0 spiro atoms. The number of hydrogen-bond donors (Lipinski definition) is 2. The lowest BCUT2D eigenvalue weighted by molar-refractivity contribution is -0.123. The maximum atomic E-state index is 12.4. The van der Waals surface area contributed by atoms with Gasteiger partial charge in [-0.3, -0.25) is 4.79 Å². The summed E-state index contributed by atoms with van der Waals surface area (Å²) >= 11 is 0. The Morgan fingerprint density at radius 3 is 2.73 bits per heavy atom. The van der Waals surface area contributed by atoms with Gasteiger partial charge in [0.1, 0.15) is 5.75 Å². The maximum Gasteiger partial charge on any atom is 0.258 e. The molecule has 1 atom stereocenters. The van der Waals surface area contributed by atoms with E-state index in [0.29, 0.717) is 0 Å². The number of carbonyl (C=O) groups is 1. The van der Waals surface area contributed by atoms with Gasteiger partial charge in [0.25, 0.3) is 5.91 Å². The van der Waals surface area contributed by atoms with Crippen molar-refractivity contribution >= 4 is 16.8 Å². The molecular formula is C22H24N2O2. The molecule has 1 aliphatic rings. The lowest BCUT2D eigenvalue weighted by Crippen LogP contribution is -2.38. The van der Waals surface area contributed by atoms with E-state index in [0.717, 1.165) is 29.7 Å². The number of ether oxygens (including phenoxy) is 1. The Balaban J connectivity index is 1.38. The number of fused-ring (bicyclic) bond motifs is 3. The number of rotatable bonds is 4.